The van der Waals surface area contributed by atoms with Gasteiger partial charge in [0, 0.05) is 25.4 Å². The number of hydrogen-bond acceptors (Lipinski definition) is 6. The van der Waals surface area contributed by atoms with E-state index in [2.05, 4.69) is 30.7 Å². The Balaban J connectivity index is 2.04. The molecule has 2 N–H and O–H groups in total. The summed E-state index contributed by atoms with van der Waals surface area (Å²) in [4.78, 5) is 12.8. The first kappa shape index (κ1) is 12.3. The highest BCUT2D eigenvalue weighted by molar-refractivity contribution is 5.42. The van der Waals surface area contributed by atoms with Crippen LogP contribution in [0.1, 0.15) is 18.4 Å². The minimum atomic E-state index is 0.545. The molecule has 0 spiro atoms. The zero-order valence-electron chi connectivity index (χ0n) is 10.8. The smallest absolute Gasteiger partial charge is 0.224 e. The van der Waals surface area contributed by atoms with Gasteiger partial charge >= 0.3 is 0 Å². The first-order valence-electron chi connectivity index (χ1n) is 5.85. The highest BCUT2D eigenvalue weighted by Gasteiger charge is 2.03. The SMILES string of the molecule is CCNc1nc(C)cc(NCc2ncn(C)n2)n1. The zero-order chi connectivity index (χ0) is 13.0. The van der Waals surface area contributed by atoms with Crippen molar-refractivity contribution >= 4 is 11.8 Å². The first-order valence-corrected chi connectivity index (χ1v) is 5.85. The molecule has 0 aliphatic heterocycles. The molecule has 0 aliphatic carbocycles. The van der Waals surface area contributed by atoms with Crippen LogP contribution in [-0.2, 0) is 13.6 Å². The number of nitrogens with zero attached hydrogens (tertiary/aromatic N) is 5. The van der Waals surface area contributed by atoms with Gasteiger partial charge in [0.05, 0.1) is 6.54 Å². The van der Waals surface area contributed by atoms with E-state index in [-0.39, 0.29) is 0 Å². The molecule has 7 nitrogen and oxygen atoms in total. The lowest BCUT2D eigenvalue weighted by molar-refractivity contribution is 0.747. The maximum absolute atomic E-state index is 4.35. The molecule has 0 amide bonds. The van der Waals surface area contributed by atoms with Crippen molar-refractivity contribution in [3.05, 3.63) is 23.9 Å². The van der Waals surface area contributed by atoms with Gasteiger partial charge in [0.2, 0.25) is 5.95 Å². The van der Waals surface area contributed by atoms with Crippen LogP contribution < -0.4 is 10.6 Å². The van der Waals surface area contributed by atoms with Crippen LogP contribution in [0.4, 0.5) is 11.8 Å². The molecule has 0 atom stereocenters. The summed E-state index contributed by atoms with van der Waals surface area (Å²) >= 11 is 0. The molecule has 0 unspecified atom stereocenters. The van der Waals surface area contributed by atoms with E-state index in [4.69, 9.17) is 0 Å². The highest BCUT2D eigenvalue weighted by Crippen LogP contribution is 2.10. The van der Waals surface area contributed by atoms with Crippen molar-refractivity contribution in [1.82, 2.24) is 24.7 Å². The van der Waals surface area contributed by atoms with Crippen LogP contribution in [0.3, 0.4) is 0 Å². The van der Waals surface area contributed by atoms with Crippen molar-refractivity contribution in [2.75, 3.05) is 17.2 Å². The molecule has 96 valence electrons. The van der Waals surface area contributed by atoms with Gasteiger partial charge in [-0.1, -0.05) is 0 Å². The summed E-state index contributed by atoms with van der Waals surface area (Å²) in [5, 5.41) is 10.5. The fourth-order valence-electron chi connectivity index (χ4n) is 1.53. The van der Waals surface area contributed by atoms with Crippen molar-refractivity contribution in [2.45, 2.75) is 20.4 Å². The summed E-state index contributed by atoms with van der Waals surface area (Å²) in [7, 11) is 1.84. The van der Waals surface area contributed by atoms with Crippen molar-refractivity contribution in [3.8, 4) is 0 Å². The van der Waals surface area contributed by atoms with Crippen molar-refractivity contribution in [3.63, 3.8) is 0 Å². The lowest BCUT2D eigenvalue weighted by Gasteiger charge is -2.07. The predicted molar refractivity (Wildman–Crippen MR) is 69.3 cm³/mol. The van der Waals surface area contributed by atoms with E-state index in [0.29, 0.717) is 12.5 Å². The average molecular weight is 247 g/mol. The van der Waals surface area contributed by atoms with Gasteiger partial charge in [0.15, 0.2) is 5.82 Å². The molecule has 0 saturated carbocycles. The Bertz CT molecular complexity index is 520. The van der Waals surface area contributed by atoms with Crippen LogP contribution in [0.25, 0.3) is 0 Å². The van der Waals surface area contributed by atoms with Gasteiger partial charge in [-0.05, 0) is 13.8 Å². The van der Waals surface area contributed by atoms with E-state index in [9.17, 15) is 0 Å². The quantitative estimate of drug-likeness (QED) is 0.819. The number of aryl methyl sites for hydroxylation is 2. The molecule has 18 heavy (non-hydrogen) atoms. The predicted octanol–water partition coefficient (Wildman–Crippen LogP) is 0.957. The molecule has 2 aromatic rings. The van der Waals surface area contributed by atoms with Gasteiger partial charge in [0.25, 0.3) is 0 Å². The minimum Gasteiger partial charge on any atom is -0.363 e. The number of nitrogens with one attached hydrogen (secondary N) is 2. The normalized spacial score (nSPS) is 10.4. The van der Waals surface area contributed by atoms with E-state index < -0.39 is 0 Å². The maximum atomic E-state index is 4.35. The average Bonchev–Trinajstić information content (AvgIpc) is 2.72. The third-order valence-electron chi connectivity index (χ3n) is 2.26. The van der Waals surface area contributed by atoms with Gasteiger partial charge in [-0.2, -0.15) is 10.1 Å². The fraction of sp³-hybridized carbons (Fsp3) is 0.455. The summed E-state index contributed by atoms with van der Waals surface area (Å²) in [6.07, 6.45) is 1.67. The fourth-order valence-corrected chi connectivity index (χ4v) is 1.53. The van der Waals surface area contributed by atoms with E-state index in [1.807, 2.05) is 27.0 Å². The Morgan fingerprint density at radius 1 is 1.28 bits per heavy atom. The van der Waals surface area contributed by atoms with E-state index >= 15 is 0 Å². The third kappa shape index (κ3) is 3.16. The molecule has 0 radical (unpaired) electrons. The van der Waals surface area contributed by atoms with Crippen LogP contribution in [0, 0.1) is 6.92 Å². The van der Waals surface area contributed by atoms with Crippen LogP contribution in [0.15, 0.2) is 12.4 Å². The molecule has 7 heteroatoms. The lowest BCUT2D eigenvalue weighted by atomic mass is 10.4. The second kappa shape index (κ2) is 5.44. The topological polar surface area (TPSA) is 80.5 Å². The molecule has 0 fully saturated rings. The minimum absolute atomic E-state index is 0.545. The highest BCUT2D eigenvalue weighted by atomic mass is 15.3. The molecule has 0 aliphatic rings. The molecular formula is C11H17N7. The van der Waals surface area contributed by atoms with Crippen LogP contribution in [-0.4, -0.2) is 31.3 Å². The Morgan fingerprint density at radius 3 is 2.78 bits per heavy atom. The Kier molecular flexibility index (Phi) is 3.71. The van der Waals surface area contributed by atoms with Crippen LogP contribution in [0.5, 0.6) is 0 Å². The monoisotopic (exact) mass is 247 g/mol. The van der Waals surface area contributed by atoms with Crippen LogP contribution in [0.2, 0.25) is 0 Å². The van der Waals surface area contributed by atoms with Gasteiger partial charge in [-0.25, -0.2) is 9.97 Å². The number of hydrogen-bond donors (Lipinski definition) is 2. The second-order valence-electron chi connectivity index (χ2n) is 3.94. The molecule has 0 saturated heterocycles. The van der Waals surface area contributed by atoms with E-state index in [1.54, 1.807) is 11.0 Å². The summed E-state index contributed by atoms with van der Waals surface area (Å²) in [6, 6.07) is 1.89. The van der Waals surface area contributed by atoms with Crippen LogP contribution >= 0.6 is 0 Å². The largest absolute Gasteiger partial charge is 0.363 e. The Morgan fingerprint density at radius 2 is 2.11 bits per heavy atom. The zero-order valence-corrected chi connectivity index (χ0v) is 10.8. The summed E-state index contributed by atoms with van der Waals surface area (Å²) < 4.78 is 1.67. The van der Waals surface area contributed by atoms with Gasteiger partial charge in [-0.15, -0.1) is 0 Å². The van der Waals surface area contributed by atoms with E-state index in [1.165, 1.54) is 0 Å². The van der Waals surface area contributed by atoms with Crippen molar-refractivity contribution < 1.29 is 0 Å². The first-order chi connectivity index (χ1) is 8.67. The Labute approximate surface area is 106 Å². The van der Waals surface area contributed by atoms with Crippen molar-refractivity contribution in [2.24, 2.45) is 7.05 Å². The third-order valence-corrected chi connectivity index (χ3v) is 2.26. The summed E-state index contributed by atoms with van der Waals surface area (Å²) in [5.41, 5.74) is 0.914. The van der Waals surface area contributed by atoms with Gasteiger partial charge in [-0.3, -0.25) is 4.68 Å². The van der Waals surface area contributed by atoms with Gasteiger partial charge < -0.3 is 10.6 Å². The molecule has 2 rings (SSSR count). The standard InChI is InChI=1S/C11H17N7/c1-4-12-11-15-8(2)5-9(16-11)13-6-10-14-7-18(3)17-10/h5,7H,4,6H2,1-3H3,(H2,12,13,15,16). The van der Waals surface area contributed by atoms with Crippen molar-refractivity contribution in [1.29, 1.82) is 0 Å². The second-order valence-corrected chi connectivity index (χ2v) is 3.94. The lowest BCUT2D eigenvalue weighted by Crippen LogP contribution is -2.08. The Hall–Kier alpha value is -2.18. The number of aromatic nitrogens is 5. The molecular weight excluding hydrogens is 230 g/mol. The molecule has 2 aromatic heterocycles. The number of rotatable bonds is 5. The molecule has 2 heterocycles. The maximum Gasteiger partial charge on any atom is 0.224 e. The van der Waals surface area contributed by atoms with E-state index in [0.717, 1.165) is 23.9 Å². The molecule has 0 aromatic carbocycles. The number of anilines is 2. The van der Waals surface area contributed by atoms with Gasteiger partial charge in [0.1, 0.15) is 12.1 Å². The summed E-state index contributed by atoms with van der Waals surface area (Å²) in [5.74, 6) is 2.14. The molecule has 0 bridgehead atoms. The summed E-state index contributed by atoms with van der Waals surface area (Å²) in [6.45, 7) is 5.29.